The monoisotopic (exact) mass is 186 g/mol. The summed E-state index contributed by atoms with van der Waals surface area (Å²) in [5, 5.41) is 0. The van der Waals surface area contributed by atoms with Crippen molar-refractivity contribution in [3.05, 3.63) is 0 Å². The summed E-state index contributed by atoms with van der Waals surface area (Å²) in [6, 6.07) is 0. The van der Waals surface area contributed by atoms with Crippen LogP contribution in [0, 0.1) is 5.92 Å². The molecule has 0 aromatic heterocycles. The van der Waals surface area contributed by atoms with Gasteiger partial charge in [0.15, 0.2) is 0 Å². The zero-order valence-electron chi connectivity index (χ0n) is 10.0. The van der Waals surface area contributed by atoms with Gasteiger partial charge in [0.2, 0.25) is 0 Å². The molecule has 0 saturated carbocycles. The van der Waals surface area contributed by atoms with Gasteiger partial charge in [-0.3, -0.25) is 0 Å². The zero-order valence-corrected chi connectivity index (χ0v) is 10.0. The summed E-state index contributed by atoms with van der Waals surface area (Å²) >= 11 is 0. The van der Waals surface area contributed by atoms with Gasteiger partial charge in [0.1, 0.15) is 0 Å². The van der Waals surface area contributed by atoms with Crippen LogP contribution in [0.2, 0.25) is 0 Å². The molecule has 0 aliphatic carbocycles. The fourth-order valence-electron chi connectivity index (χ4n) is 1.58. The molecule has 0 aliphatic heterocycles. The largest absolute Gasteiger partial charge is 0.376 e. The van der Waals surface area contributed by atoms with Crippen molar-refractivity contribution >= 4 is 0 Å². The van der Waals surface area contributed by atoms with E-state index in [-0.39, 0.29) is 5.60 Å². The Morgan fingerprint density at radius 2 is 1.85 bits per heavy atom. The van der Waals surface area contributed by atoms with Crippen molar-refractivity contribution in [1.82, 2.24) is 0 Å². The second-order valence-electron chi connectivity index (χ2n) is 4.52. The van der Waals surface area contributed by atoms with Crippen LogP contribution in [-0.2, 0) is 4.74 Å². The molecule has 0 aliphatic rings. The summed E-state index contributed by atoms with van der Waals surface area (Å²) in [5.74, 6) is 0.822. The Hall–Kier alpha value is -0.0400. The van der Waals surface area contributed by atoms with Crippen molar-refractivity contribution in [2.75, 3.05) is 6.61 Å². The molecule has 0 N–H and O–H groups in total. The molecule has 0 unspecified atom stereocenters. The highest BCUT2D eigenvalue weighted by Crippen LogP contribution is 2.23. The Morgan fingerprint density at radius 1 is 1.23 bits per heavy atom. The lowest BCUT2D eigenvalue weighted by Crippen LogP contribution is -2.27. The highest BCUT2D eigenvalue weighted by atomic mass is 16.5. The highest BCUT2D eigenvalue weighted by Gasteiger charge is 2.21. The summed E-state index contributed by atoms with van der Waals surface area (Å²) in [6.45, 7) is 11.9. The smallest absolute Gasteiger partial charge is 0.0651 e. The number of hydrogen-bond acceptors (Lipinski definition) is 1. The molecule has 80 valence electrons. The van der Waals surface area contributed by atoms with E-state index in [2.05, 4.69) is 34.6 Å². The number of rotatable bonds is 7. The maximum absolute atomic E-state index is 5.76. The average Bonchev–Trinajstić information content (AvgIpc) is 2.04. The Balaban J connectivity index is 3.69. The van der Waals surface area contributed by atoms with Gasteiger partial charge < -0.3 is 4.74 Å². The summed E-state index contributed by atoms with van der Waals surface area (Å²) in [5.41, 5.74) is 0.129. The lowest BCUT2D eigenvalue weighted by Gasteiger charge is -2.28. The van der Waals surface area contributed by atoms with Gasteiger partial charge in [-0.25, -0.2) is 0 Å². The van der Waals surface area contributed by atoms with Crippen LogP contribution < -0.4 is 0 Å². The molecule has 1 heteroatoms. The van der Waals surface area contributed by atoms with Crippen molar-refractivity contribution in [3.8, 4) is 0 Å². The highest BCUT2D eigenvalue weighted by molar-refractivity contribution is 4.73. The fraction of sp³-hybridized carbons (Fsp3) is 1.00. The maximum Gasteiger partial charge on any atom is 0.0651 e. The molecule has 0 amide bonds. The van der Waals surface area contributed by atoms with Gasteiger partial charge in [-0.1, -0.05) is 33.6 Å². The van der Waals surface area contributed by atoms with Gasteiger partial charge >= 0.3 is 0 Å². The molecular weight excluding hydrogens is 160 g/mol. The molecular formula is C12H26O. The minimum Gasteiger partial charge on any atom is -0.376 e. The molecule has 0 fully saturated rings. The lowest BCUT2D eigenvalue weighted by atomic mass is 9.93. The van der Waals surface area contributed by atoms with Crippen LogP contribution in [0.1, 0.15) is 60.3 Å². The van der Waals surface area contributed by atoms with E-state index < -0.39 is 0 Å². The van der Waals surface area contributed by atoms with Crippen LogP contribution in [0.15, 0.2) is 0 Å². The first-order valence-corrected chi connectivity index (χ1v) is 5.68. The van der Waals surface area contributed by atoms with Crippen molar-refractivity contribution in [2.24, 2.45) is 5.92 Å². The van der Waals surface area contributed by atoms with Crippen molar-refractivity contribution in [3.63, 3.8) is 0 Å². The van der Waals surface area contributed by atoms with E-state index in [1.54, 1.807) is 0 Å². The predicted octanol–water partition coefficient (Wildman–Crippen LogP) is 4.02. The molecule has 0 aromatic rings. The summed E-state index contributed by atoms with van der Waals surface area (Å²) < 4.78 is 5.76. The van der Waals surface area contributed by atoms with Gasteiger partial charge in [-0.05, 0) is 32.6 Å². The Bertz CT molecular complexity index is 120. The lowest BCUT2D eigenvalue weighted by molar-refractivity contribution is -0.0356. The van der Waals surface area contributed by atoms with Crippen LogP contribution in [0.3, 0.4) is 0 Å². The zero-order chi connectivity index (χ0) is 10.3. The third kappa shape index (κ3) is 6.09. The molecule has 1 nitrogen and oxygen atoms in total. The summed E-state index contributed by atoms with van der Waals surface area (Å²) in [7, 11) is 0. The van der Waals surface area contributed by atoms with Crippen LogP contribution in [0.25, 0.3) is 0 Å². The Kier molecular flexibility index (Phi) is 6.40. The van der Waals surface area contributed by atoms with Gasteiger partial charge in [-0.15, -0.1) is 0 Å². The Morgan fingerprint density at radius 3 is 2.23 bits per heavy atom. The molecule has 0 saturated heterocycles. The van der Waals surface area contributed by atoms with Crippen molar-refractivity contribution in [2.45, 2.75) is 65.9 Å². The Labute approximate surface area is 83.9 Å². The molecule has 0 bridgehead atoms. The van der Waals surface area contributed by atoms with Gasteiger partial charge in [-0.2, -0.15) is 0 Å². The molecule has 0 aromatic carbocycles. The van der Waals surface area contributed by atoms with Crippen LogP contribution >= 0.6 is 0 Å². The van der Waals surface area contributed by atoms with Crippen molar-refractivity contribution in [1.29, 1.82) is 0 Å². The third-order valence-electron chi connectivity index (χ3n) is 2.73. The summed E-state index contributed by atoms with van der Waals surface area (Å²) in [4.78, 5) is 0. The second-order valence-corrected chi connectivity index (χ2v) is 4.52. The summed E-state index contributed by atoms with van der Waals surface area (Å²) in [6.07, 6.45) is 4.94. The SMILES string of the molecule is CCO[C@@](C)(CC)CCCC(C)C. The number of hydrogen-bond donors (Lipinski definition) is 0. The van der Waals surface area contributed by atoms with Crippen LogP contribution in [-0.4, -0.2) is 12.2 Å². The molecule has 0 rings (SSSR count). The first kappa shape index (κ1) is 13.0. The first-order chi connectivity index (χ1) is 6.04. The minimum atomic E-state index is 0.129. The van der Waals surface area contributed by atoms with Crippen LogP contribution in [0.4, 0.5) is 0 Å². The van der Waals surface area contributed by atoms with E-state index in [1.807, 2.05) is 0 Å². The van der Waals surface area contributed by atoms with E-state index in [4.69, 9.17) is 4.74 Å². The molecule has 1 atom stereocenters. The first-order valence-electron chi connectivity index (χ1n) is 5.68. The topological polar surface area (TPSA) is 9.23 Å². The average molecular weight is 186 g/mol. The normalized spacial score (nSPS) is 16.2. The fourth-order valence-corrected chi connectivity index (χ4v) is 1.58. The van der Waals surface area contributed by atoms with Gasteiger partial charge in [0, 0.05) is 6.61 Å². The standard InChI is InChI=1S/C12H26O/c1-6-12(5,13-7-2)10-8-9-11(3)4/h11H,6-10H2,1-5H3/t12-/m0/s1. The minimum absolute atomic E-state index is 0.129. The van der Waals surface area contributed by atoms with E-state index in [0.717, 1.165) is 18.9 Å². The molecule has 0 heterocycles. The van der Waals surface area contributed by atoms with E-state index >= 15 is 0 Å². The maximum atomic E-state index is 5.76. The molecule has 13 heavy (non-hydrogen) atoms. The van der Waals surface area contributed by atoms with Crippen molar-refractivity contribution < 1.29 is 4.74 Å². The van der Waals surface area contributed by atoms with Crippen LogP contribution in [0.5, 0.6) is 0 Å². The molecule has 0 spiro atoms. The molecule has 0 radical (unpaired) electrons. The van der Waals surface area contributed by atoms with E-state index in [1.165, 1.54) is 19.3 Å². The number of ether oxygens (including phenoxy) is 1. The third-order valence-corrected chi connectivity index (χ3v) is 2.73. The quantitative estimate of drug-likeness (QED) is 0.583. The second kappa shape index (κ2) is 6.42. The van der Waals surface area contributed by atoms with Gasteiger partial charge in [0.25, 0.3) is 0 Å². The van der Waals surface area contributed by atoms with E-state index in [9.17, 15) is 0 Å². The van der Waals surface area contributed by atoms with Gasteiger partial charge in [0.05, 0.1) is 5.60 Å². The van der Waals surface area contributed by atoms with E-state index in [0.29, 0.717) is 0 Å². The predicted molar refractivity (Wildman–Crippen MR) is 59.0 cm³/mol.